The molecule has 2 aliphatic rings. The normalized spacial score (nSPS) is 19.5. The average Bonchev–Trinajstić information content (AvgIpc) is 3.07. The quantitative estimate of drug-likeness (QED) is 0.733. The van der Waals surface area contributed by atoms with Crippen molar-refractivity contribution in [2.24, 2.45) is 0 Å². The van der Waals surface area contributed by atoms with Crippen molar-refractivity contribution in [3.05, 3.63) is 48.0 Å². The predicted molar refractivity (Wildman–Crippen MR) is 115 cm³/mol. The van der Waals surface area contributed by atoms with Crippen LogP contribution < -0.4 is 19.5 Å². The Morgan fingerprint density at radius 3 is 2.77 bits per heavy atom. The lowest BCUT2D eigenvalue weighted by molar-refractivity contribution is -0.118. The van der Waals surface area contributed by atoms with Gasteiger partial charge in [0.05, 0.1) is 11.8 Å². The van der Waals surface area contributed by atoms with Gasteiger partial charge in [-0.1, -0.05) is 24.3 Å². The van der Waals surface area contributed by atoms with Crippen LogP contribution in [0.2, 0.25) is 0 Å². The summed E-state index contributed by atoms with van der Waals surface area (Å²) in [5.41, 5.74) is 1.46. The van der Waals surface area contributed by atoms with Crippen LogP contribution in [0.15, 0.2) is 42.5 Å². The lowest BCUT2D eigenvalue weighted by Crippen LogP contribution is -2.26. The van der Waals surface area contributed by atoms with Crippen molar-refractivity contribution in [1.29, 1.82) is 0 Å². The fourth-order valence-corrected chi connectivity index (χ4v) is 3.85. The van der Waals surface area contributed by atoms with Crippen LogP contribution >= 0.6 is 0 Å². The third-order valence-electron chi connectivity index (χ3n) is 5.27. The number of para-hydroxylation sites is 3. The zero-order valence-electron chi connectivity index (χ0n) is 17.6. The average molecular weight is 411 g/mol. The Bertz CT molecular complexity index is 889. The highest BCUT2D eigenvalue weighted by atomic mass is 16.5. The fourth-order valence-electron chi connectivity index (χ4n) is 3.85. The van der Waals surface area contributed by atoms with Gasteiger partial charge in [0.2, 0.25) is 0 Å². The summed E-state index contributed by atoms with van der Waals surface area (Å²) in [4.78, 5) is 12.5. The molecule has 0 aliphatic carbocycles. The first-order valence-corrected chi connectivity index (χ1v) is 10.6. The summed E-state index contributed by atoms with van der Waals surface area (Å²) in [6.45, 7) is 5.23. The van der Waals surface area contributed by atoms with E-state index in [1.54, 1.807) is 0 Å². The molecule has 1 amide bonds. The van der Waals surface area contributed by atoms with Gasteiger partial charge in [-0.2, -0.15) is 0 Å². The number of ether oxygens (including phenoxy) is 4. The zero-order chi connectivity index (χ0) is 21.0. The summed E-state index contributed by atoms with van der Waals surface area (Å²) in [6.07, 6.45) is 4.20. The van der Waals surface area contributed by atoms with Gasteiger partial charge in [0, 0.05) is 18.6 Å². The second kappa shape index (κ2) is 8.96. The van der Waals surface area contributed by atoms with Gasteiger partial charge in [-0.15, -0.1) is 0 Å². The first-order valence-electron chi connectivity index (χ1n) is 10.6. The zero-order valence-corrected chi connectivity index (χ0v) is 17.6. The van der Waals surface area contributed by atoms with E-state index in [2.05, 4.69) is 5.32 Å². The Morgan fingerprint density at radius 1 is 1.10 bits per heavy atom. The maximum atomic E-state index is 12.5. The van der Waals surface area contributed by atoms with Gasteiger partial charge in [-0.25, -0.2) is 0 Å². The van der Waals surface area contributed by atoms with Crippen LogP contribution in [0, 0.1) is 0 Å². The van der Waals surface area contributed by atoms with Crippen molar-refractivity contribution in [3.8, 4) is 17.2 Å². The summed E-state index contributed by atoms with van der Waals surface area (Å²) in [6, 6.07) is 13.2. The number of anilines is 1. The van der Waals surface area contributed by atoms with Crippen LogP contribution in [0.5, 0.6) is 17.2 Å². The standard InChI is InChI=1S/C24H29NO5/c1-24(2)14-17-8-7-12-21(23(17)30-24)29-16-22(26)25-19-10-3-4-11-20(19)28-15-18-9-5-6-13-27-18/h3-4,7-8,10-12,18H,5-6,9,13-16H2,1-2H3,(H,25,26). The van der Waals surface area contributed by atoms with Gasteiger partial charge in [-0.05, 0) is 51.3 Å². The second-order valence-corrected chi connectivity index (χ2v) is 8.42. The SMILES string of the molecule is CC1(C)Cc2cccc(OCC(=O)Nc3ccccc3OCC3CCCCO3)c2O1. The third-order valence-corrected chi connectivity index (χ3v) is 5.27. The number of benzene rings is 2. The van der Waals surface area contributed by atoms with Gasteiger partial charge in [-0.3, -0.25) is 4.79 Å². The summed E-state index contributed by atoms with van der Waals surface area (Å²) in [5.74, 6) is 1.69. The summed E-state index contributed by atoms with van der Waals surface area (Å²) in [5, 5.41) is 2.88. The number of hydrogen-bond acceptors (Lipinski definition) is 5. The Labute approximate surface area is 177 Å². The molecule has 1 atom stereocenters. The Morgan fingerprint density at radius 2 is 1.93 bits per heavy atom. The lowest BCUT2D eigenvalue weighted by atomic mass is 10.0. The summed E-state index contributed by atoms with van der Waals surface area (Å²) >= 11 is 0. The molecule has 30 heavy (non-hydrogen) atoms. The molecule has 0 aromatic heterocycles. The molecule has 1 unspecified atom stereocenters. The molecule has 6 heteroatoms. The molecule has 2 heterocycles. The van der Waals surface area contributed by atoms with Gasteiger partial charge < -0.3 is 24.3 Å². The highest BCUT2D eigenvalue weighted by Crippen LogP contribution is 2.41. The van der Waals surface area contributed by atoms with Gasteiger partial charge in [0.25, 0.3) is 5.91 Å². The number of amides is 1. The predicted octanol–water partition coefficient (Wildman–Crippen LogP) is 4.37. The van der Waals surface area contributed by atoms with Crippen molar-refractivity contribution < 1.29 is 23.7 Å². The number of hydrogen-bond donors (Lipinski definition) is 1. The molecule has 0 saturated carbocycles. The van der Waals surface area contributed by atoms with E-state index in [1.807, 2.05) is 56.3 Å². The number of carbonyl (C=O) groups excluding carboxylic acids is 1. The minimum Gasteiger partial charge on any atom is -0.489 e. The van der Waals surface area contributed by atoms with E-state index >= 15 is 0 Å². The highest BCUT2D eigenvalue weighted by Gasteiger charge is 2.32. The van der Waals surface area contributed by atoms with Gasteiger partial charge >= 0.3 is 0 Å². The van der Waals surface area contributed by atoms with Crippen LogP contribution in [-0.2, 0) is 16.0 Å². The Hall–Kier alpha value is -2.73. The summed E-state index contributed by atoms with van der Waals surface area (Å²) < 4.78 is 23.4. The molecule has 4 rings (SSSR count). The third kappa shape index (κ3) is 5.05. The van der Waals surface area contributed by atoms with Gasteiger partial charge in [0.15, 0.2) is 18.1 Å². The van der Waals surface area contributed by atoms with Crippen molar-refractivity contribution in [3.63, 3.8) is 0 Å². The number of carbonyl (C=O) groups is 1. The number of rotatable bonds is 7. The monoisotopic (exact) mass is 411 g/mol. The van der Waals surface area contributed by atoms with E-state index in [9.17, 15) is 4.79 Å². The molecule has 160 valence electrons. The summed E-state index contributed by atoms with van der Waals surface area (Å²) in [7, 11) is 0. The molecular formula is C24H29NO5. The molecule has 1 N–H and O–H groups in total. The first-order chi connectivity index (χ1) is 14.5. The fraction of sp³-hybridized carbons (Fsp3) is 0.458. The highest BCUT2D eigenvalue weighted by molar-refractivity contribution is 5.93. The Kier molecular flexibility index (Phi) is 6.13. The van der Waals surface area contributed by atoms with Crippen LogP contribution in [0.4, 0.5) is 5.69 Å². The molecule has 0 spiro atoms. The van der Waals surface area contributed by atoms with Crippen molar-refractivity contribution >= 4 is 11.6 Å². The minimum absolute atomic E-state index is 0.107. The topological polar surface area (TPSA) is 66.0 Å². The van der Waals surface area contributed by atoms with E-state index < -0.39 is 0 Å². The molecule has 1 saturated heterocycles. The van der Waals surface area contributed by atoms with Crippen molar-refractivity contribution in [2.45, 2.75) is 51.2 Å². The van der Waals surface area contributed by atoms with Crippen LogP contribution in [0.25, 0.3) is 0 Å². The number of nitrogens with one attached hydrogen (secondary N) is 1. The lowest BCUT2D eigenvalue weighted by Gasteiger charge is -2.23. The maximum absolute atomic E-state index is 12.5. The van der Waals surface area contributed by atoms with Crippen molar-refractivity contribution in [2.75, 3.05) is 25.1 Å². The van der Waals surface area contributed by atoms with Gasteiger partial charge in [0.1, 0.15) is 18.0 Å². The molecule has 0 bridgehead atoms. The first kappa shape index (κ1) is 20.5. The molecule has 6 nitrogen and oxygen atoms in total. The van der Waals surface area contributed by atoms with E-state index in [0.29, 0.717) is 23.8 Å². The molecular weight excluding hydrogens is 382 g/mol. The molecule has 2 aromatic rings. The largest absolute Gasteiger partial charge is 0.489 e. The van der Waals surface area contributed by atoms with Crippen LogP contribution in [-0.4, -0.2) is 37.4 Å². The minimum atomic E-state index is -0.262. The molecule has 2 aliphatic heterocycles. The number of fused-ring (bicyclic) bond motifs is 1. The van der Waals surface area contributed by atoms with E-state index in [0.717, 1.165) is 43.6 Å². The smallest absolute Gasteiger partial charge is 0.262 e. The van der Waals surface area contributed by atoms with Crippen molar-refractivity contribution in [1.82, 2.24) is 0 Å². The van der Waals surface area contributed by atoms with Crippen LogP contribution in [0.1, 0.15) is 38.7 Å². The van der Waals surface area contributed by atoms with E-state index in [4.69, 9.17) is 18.9 Å². The van der Waals surface area contributed by atoms with E-state index in [-0.39, 0.29) is 24.2 Å². The second-order valence-electron chi connectivity index (χ2n) is 8.42. The molecule has 0 radical (unpaired) electrons. The maximum Gasteiger partial charge on any atom is 0.262 e. The molecule has 2 aromatic carbocycles. The van der Waals surface area contributed by atoms with Crippen LogP contribution in [0.3, 0.4) is 0 Å². The van der Waals surface area contributed by atoms with E-state index in [1.165, 1.54) is 0 Å². The molecule has 1 fully saturated rings. The Balaban J connectivity index is 1.33.